The molecule has 1 atom stereocenters. The van der Waals surface area contributed by atoms with Crippen molar-refractivity contribution in [2.45, 2.75) is 23.8 Å². The number of hydrogen-bond donors (Lipinski definition) is 2. The highest BCUT2D eigenvalue weighted by Crippen LogP contribution is 2.27. The number of piperidine rings is 1. The number of nitro benzene ring substituents is 1. The zero-order valence-corrected chi connectivity index (χ0v) is 14.1. The largest absolute Gasteiger partial charge is 0.315 e. The van der Waals surface area contributed by atoms with E-state index in [1.807, 2.05) is 0 Å². The molecule has 0 amide bonds. The van der Waals surface area contributed by atoms with Crippen LogP contribution in [0.4, 0.5) is 5.69 Å². The van der Waals surface area contributed by atoms with Gasteiger partial charge in [-0.3, -0.25) is 10.1 Å². The summed E-state index contributed by atoms with van der Waals surface area (Å²) in [6, 6.07) is 3.51. The lowest BCUT2D eigenvalue weighted by Gasteiger charge is -2.23. The number of sulfonamides is 1. The third-order valence-electron chi connectivity index (χ3n) is 3.04. The summed E-state index contributed by atoms with van der Waals surface area (Å²) in [5, 5.41) is 13.8. The number of nitrogens with zero attached hydrogens (tertiary/aromatic N) is 1. The minimum atomic E-state index is -3.67. The first kappa shape index (κ1) is 18.3. The minimum Gasteiger partial charge on any atom is -0.315 e. The number of nitro groups is 1. The smallest absolute Gasteiger partial charge is 0.283 e. The molecular weight excluding hydrogens is 386 g/mol. The van der Waals surface area contributed by atoms with Crippen molar-refractivity contribution < 1.29 is 13.3 Å². The van der Waals surface area contributed by atoms with Crippen LogP contribution in [0.1, 0.15) is 12.8 Å². The maximum atomic E-state index is 12.2. The normalized spacial score (nSPS) is 18.8. The molecule has 1 heterocycles. The second-order valence-corrected chi connectivity index (χ2v) is 7.10. The first-order valence-corrected chi connectivity index (χ1v) is 8.35. The van der Waals surface area contributed by atoms with Gasteiger partial charge in [0.2, 0.25) is 10.0 Å². The molecule has 1 aromatic rings. The monoisotopic (exact) mass is 399 g/mol. The van der Waals surface area contributed by atoms with Crippen molar-refractivity contribution in [3.05, 3.63) is 32.8 Å². The summed E-state index contributed by atoms with van der Waals surface area (Å²) in [4.78, 5) is 10.1. The average Bonchev–Trinajstić information content (AvgIpc) is 2.38. The predicted octanol–water partition coefficient (Wildman–Crippen LogP) is 1.81. The van der Waals surface area contributed by atoms with Crippen molar-refractivity contribution in [1.29, 1.82) is 0 Å². The zero-order chi connectivity index (χ0) is 14.8. The van der Waals surface area contributed by atoms with Gasteiger partial charge in [0.25, 0.3) is 5.69 Å². The molecule has 1 aliphatic rings. The van der Waals surface area contributed by atoms with Crippen molar-refractivity contribution in [2.75, 3.05) is 13.1 Å². The van der Waals surface area contributed by atoms with E-state index < -0.39 is 14.9 Å². The Morgan fingerprint density at radius 3 is 2.67 bits per heavy atom. The Labute approximate surface area is 137 Å². The van der Waals surface area contributed by atoms with Crippen LogP contribution in [0.25, 0.3) is 0 Å². The number of nitrogens with one attached hydrogen (secondary N) is 2. The van der Waals surface area contributed by atoms with E-state index in [0.29, 0.717) is 6.54 Å². The van der Waals surface area contributed by atoms with Crippen LogP contribution in [0, 0.1) is 10.1 Å². The second kappa shape index (κ2) is 7.50. The molecule has 1 fully saturated rings. The molecule has 0 bridgehead atoms. The lowest BCUT2D eigenvalue weighted by atomic mass is 10.1. The molecule has 2 rings (SSSR count). The van der Waals surface area contributed by atoms with Crippen LogP contribution in [-0.4, -0.2) is 32.5 Å². The van der Waals surface area contributed by atoms with Gasteiger partial charge in [-0.2, -0.15) is 0 Å². The Kier molecular flexibility index (Phi) is 6.54. The van der Waals surface area contributed by atoms with E-state index in [4.69, 9.17) is 0 Å². The Morgan fingerprint density at radius 2 is 2.14 bits per heavy atom. The van der Waals surface area contributed by atoms with Gasteiger partial charge in [-0.15, -0.1) is 12.4 Å². The predicted molar refractivity (Wildman–Crippen MR) is 84.3 cm³/mol. The maximum absolute atomic E-state index is 12.2. The summed E-state index contributed by atoms with van der Waals surface area (Å²) in [6.45, 7) is 1.48. The van der Waals surface area contributed by atoms with E-state index in [-0.39, 0.29) is 33.5 Å². The third kappa shape index (κ3) is 4.62. The Hall–Kier alpha value is -0.740. The lowest BCUT2D eigenvalue weighted by molar-refractivity contribution is -0.385. The number of halogens is 2. The van der Waals surface area contributed by atoms with Crippen LogP contribution in [0.5, 0.6) is 0 Å². The van der Waals surface area contributed by atoms with Crippen molar-refractivity contribution in [3.8, 4) is 0 Å². The topological polar surface area (TPSA) is 101 Å². The molecule has 0 saturated carbocycles. The number of benzene rings is 1. The van der Waals surface area contributed by atoms with Gasteiger partial charge in [0, 0.05) is 18.7 Å². The average molecular weight is 401 g/mol. The van der Waals surface area contributed by atoms with Crippen LogP contribution in [-0.2, 0) is 10.0 Å². The SMILES string of the molecule is Cl.O=[N+]([O-])c1ccc(S(=O)(=O)NC2CCCNC2)cc1Br. The van der Waals surface area contributed by atoms with E-state index >= 15 is 0 Å². The van der Waals surface area contributed by atoms with Crippen molar-refractivity contribution in [2.24, 2.45) is 0 Å². The molecule has 0 radical (unpaired) electrons. The summed E-state index contributed by atoms with van der Waals surface area (Å²) in [7, 11) is -3.67. The highest BCUT2D eigenvalue weighted by molar-refractivity contribution is 9.10. The molecule has 0 spiro atoms. The summed E-state index contributed by atoms with van der Waals surface area (Å²) >= 11 is 3.02. The Bertz CT molecular complexity index is 620. The van der Waals surface area contributed by atoms with E-state index in [1.54, 1.807) is 0 Å². The lowest BCUT2D eigenvalue weighted by Crippen LogP contribution is -2.45. The fourth-order valence-corrected chi connectivity index (χ4v) is 4.01. The van der Waals surface area contributed by atoms with Crippen molar-refractivity contribution in [3.63, 3.8) is 0 Å². The molecule has 21 heavy (non-hydrogen) atoms. The minimum absolute atomic E-state index is 0. The van der Waals surface area contributed by atoms with Gasteiger partial charge < -0.3 is 5.32 Å². The van der Waals surface area contributed by atoms with E-state index in [2.05, 4.69) is 26.0 Å². The highest BCUT2D eigenvalue weighted by atomic mass is 79.9. The summed E-state index contributed by atoms with van der Waals surface area (Å²) in [5.41, 5.74) is -0.164. The summed E-state index contributed by atoms with van der Waals surface area (Å²) < 4.78 is 27.2. The molecule has 10 heteroatoms. The van der Waals surface area contributed by atoms with Gasteiger partial charge in [0.1, 0.15) is 0 Å². The van der Waals surface area contributed by atoms with Crippen LogP contribution < -0.4 is 10.0 Å². The Balaban J connectivity index is 0.00000220. The molecule has 1 aliphatic heterocycles. The van der Waals surface area contributed by atoms with Gasteiger partial charge in [-0.1, -0.05) is 0 Å². The van der Waals surface area contributed by atoms with Crippen molar-refractivity contribution >= 4 is 44.0 Å². The van der Waals surface area contributed by atoms with Crippen LogP contribution >= 0.6 is 28.3 Å². The number of rotatable bonds is 4. The number of hydrogen-bond acceptors (Lipinski definition) is 5. The Morgan fingerprint density at radius 1 is 1.43 bits per heavy atom. The highest BCUT2D eigenvalue weighted by Gasteiger charge is 2.23. The molecule has 0 aromatic heterocycles. The summed E-state index contributed by atoms with van der Waals surface area (Å²) in [6.07, 6.45) is 1.69. The third-order valence-corrected chi connectivity index (χ3v) is 5.20. The molecule has 1 unspecified atom stereocenters. The van der Waals surface area contributed by atoms with Gasteiger partial charge in [0.05, 0.1) is 14.3 Å². The molecule has 2 N–H and O–H groups in total. The first-order chi connectivity index (χ1) is 9.40. The van der Waals surface area contributed by atoms with Gasteiger partial charge in [-0.05, 0) is 47.4 Å². The van der Waals surface area contributed by atoms with Gasteiger partial charge in [-0.25, -0.2) is 13.1 Å². The fourth-order valence-electron chi connectivity index (χ4n) is 2.04. The molecule has 1 saturated heterocycles. The molecular formula is C11H15BrClN3O4S. The van der Waals surface area contributed by atoms with E-state index in [9.17, 15) is 18.5 Å². The zero-order valence-electron chi connectivity index (χ0n) is 10.9. The fraction of sp³-hybridized carbons (Fsp3) is 0.455. The second-order valence-electron chi connectivity index (χ2n) is 4.53. The van der Waals surface area contributed by atoms with Crippen molar-refractivity contribution in [1.82, 2.24) is 10.0 Å². The summed E-state index contributed by atoms with van der Waals surface area (Å²) in [5.74, 6) is 0. The van der Waals surface area contributed by atoms with Gasteiger partial charge in [0.15, 0.2) is 0 Å². The molecule has 7 nitrogen and oxygen atoms in total. The standard InChI is InChI=1S/C11H14BrN3O4S.ClH/c12-10-6-9(3-4-11(10)15(16)17)20(18,19)14-8-2-1-5-13-7-8;/h3-4,6,8,13-14H,1-2,5,7H2;1H. The first-order valence-electron chi connectivity index (χ1n) is 6.07. The van der Waals surface area contributed by atoms with Crippen LogP contribution in [0.2, 0.25) is 0 Å². The maximum Gasteiger partial charge on any atom is 0.283 e. The molecule has 0 aliphatic carbocycles. The van der Waals surface area contributed by atoms with E-state index in [0.717, 1.165) is 19.4 Å². The molecule has 1 aromatic carbocycles. The van der Waals surface area contributed by atoms with Crippen LogP contribution in [0.3, 0.4) is 0 Å². The van der Waals surface area contributed by atoms with Crippen LogP contribution in [0.15, 0.2) is 27.6 Å². The van der Waals surface area contributed by atoms with E-state index in [1.165, 1.54) is 18.2 Å². The quantitative estimate of drug-likeness (QED) is 0.593. The molecule has 118 valence electrons. The van der Waals surface area contributed by atoms with Gasteiger partial charge >= 0.3 is 0 Å².